The van der Waals surface area contributed by atoms with Gasteiger partial charge in [-0.3, -0.25) is 9.36 Å². The Bertz CT molecular complexity index is 523. The molecule has 0 bridgehead atoms. The van der Waals surface area contributed by atoms with E-state index in [0.29, 0.717) is 18.8 Å². The van der Waals surface area contributed by atoms with Crippen molar-refractivity contribution in [1.29, 1.82) is 0 Å². The number of fused-ring (bicyclic) bond motifs is 1. The summed E-state index contributed by atoms with van der Waals surface area (Å²) in [5.74, 6) is -1.21. The fourth-order valence-electron chi connectivity index (χ4n) is 1.90. The summed E-state index contributed by atoms with van der Waals surface area (Å²) in [6, 6.07) is -0.402. The molecule has 17 heavy (non-hydrogen) atoms. The molecule has 7 nitrogen and oxygen atoms in total. The number of nitrogens with zero attached hydrogens (tertiary/aromatic N) is 2. The maximum Gasteiger partial charge on any atom is 0.360 e. The van der Waals surface area contributed by atoms with Gasteiger partial charge in [-0.1, -0.05) is 0 Å². The van der Waals surface area contributed by atoms with Gasteiger partial charge in [-0.15, -0.1) is 0 Å². The first-order valence-electron chi connectivity index (χ1n) is 5.24. The largest absolute Gasteiger partial charge is 0.501 e. The summed E-state index contributed by atoms with van der Waals surface area (Å²) in [5, 5.41) is 9.60. The first kappa shape index (κ1) is 11.6. The number of nitrogens with two attached hydrogens (primary N) is 1. The molecule has 0 amide bonds. The van der Waals surface area contributed by atoms with Crippen LogP contribution in [-0.4, -0.2) is 27.7 Å². The second kappa shape index (κ2) is 4.17. The molecule has 1 aromatic heterocycles. The van der Waals surface area contributed by atoms with Crippen LogP contribution >= 0.6 is 0 Å². The van der Waals surface area contributed by atoms with Gasteiger partial charge < -0.3 is 15.6 Å². The molecule has 92 valence electrons. The molecule has 1 unspecified atom stereocenters. The fourth-order valence-corrected chi connectivity index (χ4v) is 1.90. The Hall–Kier alpha value is -1.89. The van der Waals surface area contributed by atoms with Crippen LogP contribution in [0.4, 0.5) is 0 Å². The maximum atomic E-state index is 11.8. The highest BCUT2D eigenvalue weighted by Gasteiger charge is 2.26. The van der Waals surface area contributed by atoms with E-state index in [2.05, 4.69) is 9.72 Å². The lowest BCUT2D eigenvalue weighted by Gasteiger charge is -2.23. The molecule has 0 saturated carbocycles. The van der Waals surface area contributed by atoms with Crippen molar-refractivity contribution in [2.24, 2.45) is 5.73 Å². The van der Waals surface area contributed by atoms with Gasteiger partial charge in [0, 0.05) is 6.54 Å². The van der Waals surface area contributed by atoms with Gasteiger partial charge in [-0.05, 0) is 12.8 Å². The van der Waals surface area contributed by atoms with Crippen molar-refractivity contribution < 1.29 is 14.6 Å². The number of methoxy groups -OCH3 is 1. The van der Waals surface area contributed by atoms with Crippen LogP contribution < -0.4 is 11.3 Å². The smallest absolute Gasteiger partial charge is 0.360 e. The number of esters is 1. The highest BCUT2D eigenvalue weighted by atomic mass is 16.5. The summed E-state index contributed by atoms with van der Waals surface area (Å²) >= 11 is 0. The van der Waals surface area contributed by atoms with Crippen LogP contribution in [0.15, 0.2) is 4.79 Å². The van der Waals surface area contributed by atoms with Crippen molar-refractivity contribution >= 4 is 5.97 Å². The highest BCUT2D eigenvalue weighted by molar-refractivity contribution is 5.89. The molecule has 0 saturated heterocycles. The number of ether oxygens (including phenoxy) is 1. The van der Waals surface area contributed by atoms with Gasteiger partial charge >= 0.3 is 5.97 Å². The lowest BCUT2D eigenvalue weighted by Crippen LogP contribution is -2.34. The lowest BCUT2D eigenvalue weighted by molar-refractivity contribution is 0.0588. The van der Waals surface area contributed by atoms with E-state index in [4.69, 9.17) is 5.73 Å². The molecule has 0 spiro atoms. The fraction of sp³-hybridized carbons (Fsp3) is 0.500. The summed E-state index contributed by atoms with van der Waals surface area (Å²) < 4.78 is 5.75. The Balaban J connectivity index is 2.66. The van der Waals surface area contributed by atoms with Crippen molar-refractivity contribution in [3.63, 3.8) is 0 Å². The molecule has 0 aromatic carbocycles. The number of rotatable bonds is 1. The lowest BCUT2D eigenvalue weighted by atomic mass is 10.1. The zero-order chi connectivity index (χ0) is 12.6. The molecule has 7 heteroatoms. The monoisotopic (exact) mass is 239 g/mol. The quantitative estimate of drug-likeness (QED) is 0.641. The SMILES string of the molecule is COC(=O)c1nc2n(c(=O)c1O)CCCC2N. The van der Waals surface area contributed by atoms with Gasteiger partial charge in [0.05, 0.1) is 13.2 Å². The minimum atomic E-state index is -0.847. The van der Waals surface area contributed by atoms with E-state index in [0.717, 1.165) is 13.5 Å². The predicted octanol–water partition coefficient (Wildman–Crippen LogP) is -0.471. The van der Waals surface area contributed by atoms with Crippen molar-refractivity contribution in [3.8, 4) is 5.75 Å². The first-order chi connectivity index (χ1) is 8.06. The van der Waals surface area contributed by atoms with Crippen LogP contribution in [0, 0.1) is 0 Å². The molecule has 2 heterocycles. The first-order valence-corrected chi connectivity index (χ1v) is 5.24. The van der Waals surface area contributed by atoms with E-state index in [1.54, 1.807) is 0 Å². The van der Waals surface area contributed by atoms with Gasteiger partial charge in [-0.25, -0.2) is 9.78 Å². The Morgan fingerprint density at radius 1 is 1.65 bits per heavy atom. The number of carbonyl (C=O) groups excluding carboxylic acids is 1. The third kappa shape index (κ3) is 1.78. The van der Waals surface area contributed by atoms with Gasteiger partial charge in [0.1, 0.15) is 5.82 Å². The minimum Gasteiger partial charge on any atom is -0.501 e. The summed E-state index contributed by atoms with van der Waals surface area (Å²) in [4.78, 5) is 27.1. The van der Waals surface area contributed by atoms with Crippen LogP contribution in [0.25, 0.3) is 0 Å². The van der Waals surface area contributed by atoms with E-state index in [-0.39, 0.29) is 5.69 Å². The number of aromatic nitrogens is 2. The second-order valence-corrected chi connectivity index (χ2v) is 3.86. The van der Waals surface area contributed by atoms with Gasteiger partial charge in [0.2, 0.25) is 5.75 Å². The molecular formula is C10H13N3O4. The number of hydrogen-bond acceptors (Lipinski definition) is 6. The van der Waals surface area contributed by atoms with Crippen molar-refractivity contribution in [2.75, 3.05) is 7.11 Å². The molecular weight excluding hydrogens is 226 g/mol. The zero-order valence-corrected chi connectivity index (χ0v) is 9.34. The van der Waals surface area contributed by atoms with Gasteiger partial charge in [0.15, 0.2) is 5.69 Å². The van der Waals surface area contributed by atoms with Crippen molar-refractivity contribution in [2.45, 2.75) is 25.4 Å². The molecule has 1 atom stereocenters. The van der Waals surface area contributed by atoms with E-state index in [1.807, 2.05) is 0 Å². The number of aromatic hydroxyl groups is 1. The molecule has 0 radical (unpaired) electrons. The summed E-state index contributed by atoms with van der Waals surface area (Å²) in [6.07, 6.45) is 1.44. The minimum absolute atomic E-state index is 0.319. The summed E-state index contributed by atoms with van der Waals surface area (Å²) in [6.45, 7) is 0.448. The molecule has 0 aliphatic carbocycles. The van der Waals surface area contributed by atoms with Crippen LogP contribution in [0.2, 0.25) is 0 Å². The summed E-state index contributed by atoms with van der Waals surface area (Å²) in [7, 11) is 1.15. The third-order valence-electron chi connectivity index (χ3n) is 2.78. The average molecular weight is 239 g/mol. The standard InChI is InChI=1S/C10H13N3O4/c1-17-10(16)6-7(14)9(15)13-4-2-3-5(11)8(13)12-6/h5,14H,2-4,11H2,1H3. The Morgan fingerprint density at radius 2 is 2.35 bits per heavy atom. The maximum absolute atomic E-state index is 11.8. The topological polar surface area (TPSA) is 107 Å². The normalized spacial score (nSPS) is 18.6. The van der Waals surface area contributed by atoms with E-state index in [9.17, 15) is 14.7 Å². The van der Waals surface area contributed by atoms with Gasteiger partial charge in [0.25, 0.3) is 5.56 Å². The van der Waals surface area contributed by atoms with Crippen LogP contribution in [0.1, 0.15) is 35.2 Å². The van der Waals surface area contributed by atoms with Gasteiger partial charge in [-0.2, -0.15) is 0 Å². The molecule has 1 aromatic rings. The zero-order valence-electron chi connectivity index (χ0n) is 9.34. The van der Waals surface area contributed by atoms with E-state index < -0.39 is 23.3 Å². The summed E-state index contributed by atoms with van der Waals surface area (Å²) in [5.41, 5.74) is 4.80. The number of hydrogen-bond donors (Lipinski definition) is 2. The van der Waals surface area contributed by atoms with E-state index in [1.165, 1.54) is 4.57 Å². The molecule has 3 N–H and O–H groups in total. The molecule has 1 aliphatic rings. The Kier molecular flexibility index (Phi) is 2.84. The molecule has 1 aliphatic heterocycles. The third-order valence-corrected chi connectivity index (χ3v) is 2.78. The Labute approximate surface area is 96.8 Å². The van der Waals surface area contributed by atoms with E-state index >= 15 is 0 Å². The molecule has 2 rings (SSSR count). The Morgan fingerprint density at radius 3 is 3.00 bits per heavy atom. The predicted molar refractivity (Wildman–Crippen MR) is 57.7 cm³/mol. The average Bonchev–Trinajstić information content (AvgIpc) is 2.33. The van der Waals surface area contributed by atoms with Crippen molar-refractivity contribution in [1.82, 2.24) is 9.55 Å². The van der Waals surface area contributed by atoms with Crippen LogP contribution in [0.3, 0.4) is 0 Å². The second-order valence-electron chi connectivity index (χ2n) is 3.86. The van der Waals surface area contributed by atoms with Crippen molar-refractivity contribution in [3.05, 3.63) is 21.9 Å². The highest BCUT2D eigenvalue weighted by Crippen LogP contribution is 2.22. The van der Waals surface area contributed by atoms with Crippen LogP contribution in [0.5, 0.6) is 5.75 Å². The number of carbonyl (C=O) groups is 1. The molecule has 0 fully saturated rings. The van der Waals surface area contributed by atoms with Crippen LogP contribution in [-0.2, 0) is 11.3 Å².